The van der Waals surface area contributed by atoms with Crippen LogP contribution >= 0.6 is 23.2 Å². The van der Waals surface area contributed by atoms with E-state index < -0.39 is 29.9 Å². The van der Waals surface area contributed by atoms with Crippen LogP contribution in [0, 0.1) is 0 Å². The molecule has 0 bridgehead atoms. The number of hydrogen-bond donors (Lipinski definition) is 2. The van der Waals surface area contributed by atoms with Crippen LogP contribution < -0.4 is 5.32 Å². The molecule has 0 aliphatic heterocycles. The van der Waals surface area contributed by atoms with Gasteiger partial charge in [-0.3, -0.25) is 4.79 Å². The van der Waals surface area contributed by atoms with Gasteiger partial charge in [0.1, 0.15) is 11.0 Å². The molecule has 1 amide bonds. The number of amides is 1. The van der Waals surface area contributed by atoms with Gasteiger partial charge in [0.15, 0.2) is 5.69 Å². The zero-order valence-corrected chi connectivity index (χ0v) is 18.4. The number of aromatic nitrogens is 2. The van der Waals surface area contributed by atoms with Gasteiger partial charge in [0.2, 0.25) is 0 Å². The molecule has 0 saturated carbocycles. The normalized spacial score (nSPS) is 13.3. The molecule has 0 saturated heterocycles. The number of hydrogen-bond acceptors (Lipinski definition) is 4. The highest BCUT2D eigenvalue weighted by Gasteiger charge is 2.45. The second-order valence-electron chi connectivity index (χ2n) is 7.12. The average Bonchev–Trinajstić information content (AvgIpc) is 2.72. The third kappa shape index (κ3) is 5.80. The lowest BCUT2D eigenvalue weighted by molar-refractivity contribution is -0.154. The molecule has 6 nitrogen and oxygen atoms in total. The largest absolute Gasteiger partial charge is 0.477 e. The van der Waals surface area contributed by atoms with Gasteiger partial charge < -0.3 is 10.4 Å². The van der Waals surface area contributed by atoms with Crippen molar-refractivity contribution in [3.63, 3.8) is 0 Å². The van der Waals surface area contributed by atoms with Crippen LogP contribution in [0.15, 0.2) is 54.7 Å². The van der Waals surface area contributed by atoms with Crippen LogP contribution in [0.5, 0.6) is 0 Å². The highest BCUT2D eigenvalue weighted by molar-refractivity contribution is 6.32. The number of alkyl halides is 3. The number of nitrogens with one attached hydrogen (secondary N) is 1. The summed E-state index contributed by atoms with van der Waals surface area (Å²) >= 11 is 12.1. The quantitative estimate of drug-likeness (QED) is 0.396. The summed E-state index contributed by atoms with van der Waals surface area (Å²) in [6.45, 7) is 1.38. The summed E-state index contributed by atoms with van der Waals surface area (Å²) in [6.07, 6.45) is -3.39. The van der Waals surface area contributed by atoms with Gasteiger partial charge in [-0.15, -0.1) is 0 Å². The van der Waals surface area contributed by atoms with Crippen molar-refractivity contribution in [3.8, 4) is 0 Å². The third-order valence-electron chi connectivity index (χ3n) is 4.93. The number of carboxylic acids is 1. The van der Waals surface area contributed by atoms with Gasteiger partial charge in [0.05, 0.1) is 5.92 Å². The Morgan fingerprint density at radius 2 is 1.82 bits per heavy atom. The van der Waals surface area contributed by atoms with Crippen molar-refractivity contribution < 1.29 is 27.9 Å². The first kappa shape index (κ1) is 24.5. The molecule has 1 aromatic carbocycles. The maximum Gasteiger partial charge on any atom is 0.396 e. The first-order valence-corrected chi connectivity index (χ1v) is 10.2. The van der Waals surface area contributed by atoms with Crippen LogP contribution in [-0.4, -0.2) is 33.1 Å². The van der Waals surface area contributed by atoms with Gasteiger partial charge in [-0.1, -0.05) is 42.3 Å². The van der Waals surface area contributed by atoms with Crippen LogP contribution in [0.1, 0.15) is 50.7 Å². The Labute approximate surface area is 196 Å². The number of benzene rings is 1. The van der Waals surface area contributed by atoms with Crippen molar-refractivity contribution in [1.29, 1.82) is 0 Å². The molecular weight excluding hydrogens is 482 g/mol. The number of anilines is 1. The van der Waals surface area contributed by atoms with E-state index in [0.717, 1.165) is 6.07 Å². The highest BCUT2D eigenvalue weighted by atomic mass is 35.5. The fourth-order valence-corrected chi connectivity index (χ4v) is 3.94. The number of aromatic carboxylic acids is 1. The number of nitrogens with zero attached hydrogens (tertiary/aromatic N) is 2. The number of carbonyl (C=O) groups excluding carboxylic acids is 1. The van der Waals surface area contributed by atoms with E-state index in [1.807, 2.05) is 0 Å². The lowest BCUT2D eigenvalue weighted by Crippen LogP contribution is -2.26. The van der Waals surface area contributed by atoms with E-state index >= 15 is 0 Å². The molecule has 2 aromatic heterocycles. The molecule has 0 aliphatic rings. The minimum atomic E-state index is -4.59. The van der Waals surface area contributed by atoms with Crippen molar-refractivity contribution in [2.45, 2.75) is 24.9 Å². The standard InChI is InChI=1S/C22H16Cl2F3N3O3/c1-11(19(22(25,26)27)12-7-8-28-17(24)10-12)14-6-5-13(9-15(14)23)20(31)30-18-4-2-3-16(29-18)21(32)33/h2-11,19H,1H3,(H,32,33)(H,29,30,31). The summed E-state index contributed by atoms with van der Waals surface area (Å²) in [5.41, 5.74) is -0.0647. The predicted molar refractivity (Wildman–Crippen MR) is 117 cm³/mol. The Morgan fingerprint density at radius 1 is 1.09 bits per heavy atom. The summed E-state index contributed by atoms with van der Waals surface area (Å²) in [5.74, 6) is -4.91. The van der Waals surface area contributed by atoms with Crippen molar-refractivity contribution >= 4 is 40.9 Å². The van der Waals surface area contributed by atoms with E-state index in [1.165, 1.54) is 55.6 Å². The first-order chi connectivity index (χ1) is 15.5. The van der Waals surface area contributed by atoms with E-state index in [2.05, 4.69) is 15.3 Å². The van der Waals surface area contributed by atoms with Crippen molar-refractivity contribution in [1.82, 2.24) is 9.97 Å². The summed E-state index contributed by atoms with van der Waals surface area (Å²) in [7, 11) is 0. The molecule has 2 atom stereocenters. The maximum atomic E-state index is 13.9. The number of rotatable bonds is 6. The van der Waals surface area contributed by atoms with E-state index in [0.29, 0.717) is 0 Å². The molecule has 0 fully saturated rings. The molecule has 33 heavy (non-hydrogen) atoms. The fraction of sp³-hybridized carbons (Fsp3) is 0.182. The molecule has 0 radical (unpaired) electrons. The van der Waals surface area contributed by atoms with Crippen LogP contribution in [0.2, 0.25) is 10.2 Å². The molecule has 172 valence electrons. The average molecular weight is 498 g/mol. The highest BCUT2D eigenvalue weighted by Crippen LogP contribution is 2.46. The lowest BCUT2D eigenvalue weighted by atomic mass is 9.82. The Morgan fingerprint density at radius 3 is 2.42 bits per heavy atom. The van der Waals surface area contributed by atoms with Gasteiger partial charge in [-0.25, -0.2) is 14.8 Å². The summed E-state index contributed by atoms with van der Waals surface area (Å²) in [5, 5.41) is 11.3. The van der Waals surface area contributed by atoms with Gasteiger partial charge in [-0.2, -0.15) is 13.2 Å². The monoisotopic (exact) mass is 497 g/mol. The molecule has 3 aromatic rings. The minimum Gasteiger partial charge on any atom is -0.477 e. The lowest BCUT2D eigenvalue weighted by Gasteiger charge is -2.28. The Bertz CT molecular complexity index is 1200. The van der Waals surface area contributed by atoms with E-state index in [-0.39, 0.29) is 38.4 Å². The van der Waals surface area contributed by atoms with Crippen LogP contribution in [0.25, 0.3) is 0 Å². The molecule has 3 rings (SSSR count). The Hall–Kier alpha value is -3.17. The van der Waals surface area contributed by atoms with Gasteiger partial charge >= 0.3 is 12.1 Å². The van der Waals surface area contributed by atoms with Gasteiger partial charge in [-0.05, 0) is 53.4 Å². The molecule has 2 N–H and O–H groups in total. The first-order valence-electron chi connectivity index (χ1n) is 9.46. The van der Waals surface area contributed by atoms with Crippen molar-refractivity contribution in [2.75, 3.05) is 5.32 Å². The van der Waals surface area contributed by atoms with Crippen molar-refractivity contribution in [2.24, 2.45) is 0 Å². The van der Waals surface area contributed by atoms with Gasteiger partial charge in [0, 0.05) is 16.8 Å². The molecule has 11 heteroatoms. The molecular formula is C22H16Cl2F3N3O3. The summed E-state index contributed by atoms with van der Waals surface area (Å²) in [4.78, 5) is 31.1. The topological polar surface area (TPSA) is 92.2 Å². The number of pyridine rings is 2. The maximum absolute atomic E-state index is 13.9. The second-order valence-corrected chi connectivity index (χ2v) is 7.92. The summed E-state index contributed by atoms with van der Waals surface area (Å²) in [6, 6.07) is 10.4. The van der Waals surface area contributed by atoms with Crippen LogP contribution in [0.4, 0.5) is 19.0 Å². The minimum absolute atomic E-state index is 0.000156. The Kier molecular flexibility index (Phi) is 7.24. The van der Waals surface area contributed by atoms with Crippen molar-refractivity contribution in [3.05, 3.63) is 87.3 Å². The number of carboxylic acid groups (broad SMARTS) is 1. The zero-order chi connectivity index (χ0) is 24.3. The zero-order valence-electron chi connectivity index (χ0n) is 16.9. The fourth-order valence-electron chi connectivity index (χ4n) is 3.40. The van der Waals surface area contributed by atoms with Gasteiger partial charge in [0.25, 0.3) is 5.91 Å². The molecule has 0 spiro atoms. The molecule has 2 heterocycles. The molecule has 0 aliphatic carbocycles. The number of carbonyl (C=O) groups is 2. The predicted octanol–water partition coefficient (Wildman–Crippen LogP) is 6.18. The second kappa shape index (κ2) is 9.76. The smallest absolute Gasteiger partial charge is 0.396 e. The summed E-state index contributed by atoms with van der Waals surface area (Å²) < 4.78 is 41.8. The van der Waals surface area contributed by atoms with E-state index in [9.17, 15) is 22.8 Å². The Balaban J connectivity index is 1.87. The van der Waals surface area contributed by atoms with Crippen LogP contribution in [0.3, 0.4) is 0 Å². The third-order valence-corrected chi connectivity index (χ3v) is 5.46. The van der Waals surface area contributed by atoms with Crippen LogP contribution in [-0.2, 0) is 0 Å². The van der Waals surface area contributed by atoms with E-state index in [1.54, 1.807) is 0 Å². The molecule has 2 unspecified atom stereocenters. The SMILES string of the molecule is CC(c1ccc(C(=O)Nc2cccc(C(=O)O)n2)cc1Cl)C(c1ccnc(Cl)c1)C(F)(F)F. The number of halogens is 5. The van der Waals surface area contributed by atoms with E-state index in [4.69, 9.17) is 28.3 Å².